The summed E-state index contributed by atoms with van der Waals surface area (Å²) in [4.78, 5) is 32.6. The Kier molecular flexibility index (Phi) is 20.6. The highest BCUT2D eigenvalue weighted by Crippen LogP contribution is 2.23. The molecule has 236 valence electrons. The zero-order valence-electron chi connectivity index (χ0n) is 27.2. The first-order chi connectivity index (χ1) is 19.9. The molecule has 0 fully saturated rings. The predicted molar refractivity (Wildman–Crippen MR) is 173 cm³/mol. The van der Waals surface area contributed by atoms with E-state index in [0.717, 1.165) is 23.7 Å². The summed E-state index contributed by atoms with van der Waals surface area (Å²) in [6.45, 7) is 22.1. The van der Waals surface area contributed by atoms with Crippen LogP contribution in [0.15, 0.2) is 47.9 Å². The van der Waals surface area contributed by atoms with Crippen LogP contribution in [-0.2, 0) is 23.8 Å². The van der Waals surface area contributed by atoms with E-state index in [2.05, 4.69) is 75.6 Å². The molecular weight excluding hydrogens is 552 g/mol. The maximum Gasteiger partial charge on any atom is 0.286 e. The van der Waals surface area contributed by atoms with Crippen LogP contribution < -0.4 is 10.6 Å². The molecule has 0 aliphatic rings. The zero-order valence-corrected chi connectivity index (χ0v) is 28.0. The maximum absolute atomic E-state index is 12.0. The van der Waals surface area contributed by atoms with Crippen LogP contribution in [-0.4, -0.2) is 47.6 Å². The van der Waals surface area contributed by atoms with Crippen molar-refractivity contribution in [1.82, 2.24) is 15.3 Å². The second kappa shape index (κ2) is 22.4. The topological polar surface area (TPSA) is 112 Å². The van der Waals surface area contributed by atoms with Gasteiger partial charge >= 0.3 is 0 Å². The number of aryl methyl sites for hydroxylation is 1. The van der Waals surface area contributed by atoms with Crippen molar-refractivity contribution in [2.75, 3.05) is 19.0 Å². The first kappa shape index (κ1) is 38.8. The van der Waals surface area contributed by atoms with Crippen molar-refractivity contribution in [1.29, 1.82) is 0 Å². The lowest BCUT2D eigenvalue weighted by Crippen LogP contribution is -2.34. The molecule has 2 aromatic rings. The van der Waals surface area contributed by atoms with Crippen molar-refractivity contribution in [3.63, 3.8) is 0 Å². The van der Waals surface area contributed by atoms with E-state index < -0.39 is 11.8 Å². The maximum atomic E-state index is 12.0. The number of ether oxygens (including phenoxy) is 3. The van der Waals surface area contributed by atoms with Gasteiger partial charge in [0.05, 0.1) is 31.6 Å². The standard InChI is InChI=1S/C18H20N4O4S.C11H24O.C3H8/c1-5-16(25-4)26-12(3)17(24)19-9-15(23)22-18-21-14(10-27-18)13-8-6-7-11(2)20-13;1-6-9(3)8-11(5)12-10(4)7-2;1-3-2/h5-8,10H,3,9H2,1-2,4H3,(H,19,24)(H,21,22,23);9-11H,6-8H2,1-5H3;3H2,1-2H3/b16-5-;;. The second-order valence-corrected chi connectivity index (χ2v) is 10.7. The average molecular weight is 605 g/mol. The summed E-state index contributed by atoms with van der Waals surface area (Å²) in [6.07, 6.45) is 7.20. The lowest BCUT2D eigenvalue weighted by atomic mass is 10.0. The monoisotopic (exact) mass is 604 g/mol. The number of nitrogens with one attached hydrogen (secondary N) is 2. The first-order valence-electron chi connectivity index (χ1n) is 14.6. The van der Waals surface area contributed by atoms with Crippen LogP contribution in [0, 0.1) is 12.8 Å². The van der Waals surface area contributed by atoms with Gasteiger partial charge < -0.3 is 24.8 Å². The molecule has 2 rings (SSSR count). The summed E-state index contributed by atoms with van der Waals surface area (Å²) in [5.41, 5.74) is 2.28. The molecule has 3 unspecified atom stereocenters. The van der Waals surface area contributed by atoms with Gasteiger partial charge in [0.2, 0.25) is 5.91 Å². The van der Waals surface area contributed by atoms with Crippen molar-refractivity contribution < 1.29 is 23.8 Å². The lowest BCUT2D eigenvalue weighted by molar-refractivity contribution is -0.124. The van der Waals surface area contributed by atoms with Crippen molar-refractivity contribution in [3.8, 4) is 11.4 Å². The van der Waals surface area contributed by atoms with Crippen LogP contribution in [0.5, 0.6) is 0 Å². The number of thiazole rings is 1. The molecule has 42 heavy (non-hydrogen) atoms. The van der Waals surface area contributed by atoms with E-state index in [-0.39, 0.29) is 18.2 Å². The van der Waals surface area contributed by atoms with Gasteiger partial charge in [0.25, 0.3) is 11.9 Å². The Morgan fingerprint density at radius 3 is 2.26 bits per heavy atom. The van der Waals surface area contributed by atoms with Gasteiger partial charge in [0, 0.05) is 11.1 Å². The van der Waals surface area contributed by atoms with E-state index >= 15 is 0 Å². The Morgan fingerprint density at radius 2 is 1.71 bits per heavy atom. The fourth-order valence-corrected chi connectivity index (χ4v) is 3.95. The Bertz CT molecular complexity index is 1090. The molecule has 9 nitrogen and oxygen atoms in total. The number of carbonyl (C=O) groups is 2. The SMILES string of the molecule is C=C(O/C(=C\C)OC)C(=O)NCC(=O)Nc1nc(-c2cccc(C)n2)cs1.CCC.CCC(C)CC(C)OC(C)CC. The Labute approximate surface area is 257 Å². The van der Waals surface area contributed by atoms with Gasteiger partial charge in [0.1, 0.15) is 5.69 Å². The summed E-state index contributed by atoms with van der Waals surface area (Å²) in [5, 5.41) is 7.25. The molecule has 2 heterocycles. The van der Waals surface area contributed by atoms with Gasteiger partial charge in [-0.25, -0.2) is 4.98 Å². The van der Waals surface area contributed by atoms with Gasteiger partial charge in [-0.3, -0.25) is 14.6 Å². The molecule has 2 aromatic heterocycles. The summed E-state index contributed by atoms with van der Waals surface area (Å²) >= 11 is 1.27. The molecule has 0 saturated heterocycles. The second-order valence-electron chi connectivity index (χ2n) is 9.89. The normalized spacial score (nSPS) is 12.8. The number of anilines is 1. The number of allylic oxidation sites excluding steroid dienone is 1. The van der Waals surface area contributed by atoms with Gasteiger partial charge in [-0.05, 0) is 64.7 Å². The number of methoxy groups -OCH3 is 1. The Morgan fingerprint density at radius 1 is 1.05 bits per heavy atom. The largest absolute Gasteiger partial charge is 0.469 e. The highest BCUT2D eigenvalue weighted by molar-refractivity contribution is 7.14. The minimum atomic E-state index is -0.620. The van der Waals surface area contributed by atoms with Crippen LogP contribution in [0.4, 0.5) is 5.13 Å². The van der Waals surface area contributed by atoms with Crippen LogP contribution in [0.3, 0.4) is 0 Å². The van der Waals surface area contributed by atoms with Gasteiger partial charge in [0.15, 0.2) is 10.9 Å². The smallest absolute Gasteiger partial charge is 0.286 e. The third-order valence-electron chi connectivity index (χ3n) is 5.70. The number of hydrogen-bond donors (Lipinski definition) is 2. The van der Waals surface area contributed by atoms with Crippen LogP contribution >= 0.6 is 11.3 Å². The number of pyridine rings is 1. The van der Waals surface area contributed by atoms with E-state index in [4.69, 9.17) is 14.2 Å². The Hall–Kier alpha value is -3.24. The number of rotatable bonds is 14. The molecule has 0 aromatic carbocycles. The van der Waals surface area contributed by atoms with Crippen molar-refractivity contribution in [2.45, 2.75) is 100 Å². The molecule has 10 heteroatoms. The highest BCUT2D eigenvalue weighted by atomic mass is 32.1. The van der Waals surface area contributed by atoms with E-state index in [1.54, 1.807) is 12.3 Å². The van der Waals surface area contributed by atoms with Gasteiger partial charge in [-0.2, -0.15) is 0 Å². The van der Waals surface area contributed by atoms with Gasteiger partial charge in [-0.15, -0.1) is 11.3 Å². The Balaban J connectivity index is 0.000000937. The first-order valence-corrected chi connectivity index (χ1v) is 15.5. The van der Waals surface area contributed by atoms with E-state index in [1.165, 1.54) is 43.8 Å². The quantitative estimate of drug-likeness (QED) is 0.168. The minimum Gasteiger partial charge on any atom is -0.469 e. The summed E-state index contributed by atoms with van der Waals surface area (Å²) < 4.78 is 15.8. The van der Waals surface area contributed by atoms with E-state index in [9.17, 15) is 9.59 Å². The molecule has 0 saturated carbocycles. The lowest BCUT2D eigenvalue weighted by Gasteiger charge is -2.20. The van der Waals surface area contributed by atoms with Crippen molar-refractivity contribution in [3.05, 3.63) is 53.6 Å². The molecule has 0 radical (unpaired) electrons. The molecule has 0 spiro atoms. The molecular formula is C32H52N4O5S. The van der Waals surface area contributed by atoms with Crippen LogP contribution in [0.25, 0.3) is 11.4 Å². The van der Waals surface area contributed by atoms with Gasteiger partial charge in [-0.1, -0.05) is 60.1 Å². The summed E-state index contributed by atoms with van der Waals surface area (Å²) in [6, 6.07) is 5.63. The third-order valence-corrected chi connectivity index (χ3v) is 6.45. The third kappa shape index (κ3) is 16.9. The van der Waals surface area contributed by atoms with Crippen LogP contribution in [0.1, 0.15) is 86.8 Å². The number of nitrogens with zero attached hydrogens (tertiary/aromatic N) is 2. The van der Waals surface area contributed by atoms with Crippen molar-refractivity contribution >= 4 is 28.3 Å². The molecule has 0 aliphatic carbocycles. The summed E-state index contributed by atoms with van der Waals surface area (Å²) in [7, 11) is 1.41. The number of hydrogen-bond acceptors (Lipinski definition) is 8. The average Bonchev–Trinajstić information content (AvgIpc) is 3.43. The minimum absolute atomic E-state index is 0.139. The highest BCUT2D eigenvalue weighted by Gasteiger charge is 2.14. The number of aromatic nitrogens is 2. The van der Waals surface area contributed by atoms with Crippen LogP contribution in [0.2, 0.25) is 0 Å². The zero-order chi connectivity index (χ0) is 32.1. The predicted octanol–water partition coefficient (Wildman–Crippen LogP) is 7.65. The molecule has 2 N–H and O–H groups in total. The van der Waals surface area contributed by atoms with Crippen molar-refractivity contribution in [2.24, 2.45) is 5.92 Å². The molecule has 0 aliphatic heterocycles. The molecule has 0 bridgehead atoms. The molecule has 2 amide bonds. The number of amides is 2. The fraction of sp³-hybridized carbons (Fsp3) is 0.562. The van der Waals surface area contributed by atoms with E-state index in [1.807, 2.05) is 25.1 Å². The van der Waals surface area contributed by atoms with E-state index in [0.29, 0.717) is 23.0 Å². The molecule has 3 atom stereocenters. The number of carbonyl (C=O) groups excluding carboxylic acids is 2. The summed E-state index contributed by atoms with van der Waals surface area (Å²) in [5.74, 6) is -0.291. The fourth-order valence-electron chi connectivity index (χ4n) is 3.22.